The number of aliphatic hydroxyl groups is 2. The number of piperidine rings is 2. The summed E-state index contributed by atoms with van der Waals surface area (Å²) in [6.45, 7) is 3.82. The van der Waals surface area contributed by atoms with E-state index in [1.54, 1.807) is 16.7 Å². The van der Waals surface area contributed by atoms with Gasteiger partial charge in [-0.3, -0.25) is 9.59 Å². The molecule has 3 aliphatic heterocycles. The van der Waals surface area contributed by atoms with Crippen molar-refractivity contribution in [1.29, 1.82) is 0 Å². The number of ether oxygens (including phenoxy) is 1. The van der Waals surface area contributed by atoms with Crippen LogP contribution >= 0.6 is 0 Å². The van der Waals surface area contributed by atoms with Crippen LogP contribution in [0.15, 0.2) is 0 Å². The second-order valence-electron chi connectivity index (χ2n) is 7.58. The van der Waals surface area contributed by atoms with E-state index in [2.05, 4.69) is 0 Å². The Labute approximate surface area is 142 Å². The molecule has 24 heavy (non-hydrogen) atoms. The Bertz CT molecular complexity index is 499. The first-order valence-electron chi connectivity index (χ1n) is 8.94. The number of hydrogen-bond acceptors (Lipinski definition) is 5. The van der Waals surface area contributed by atoms with Crippen molar-refractivity contribution in [3.05, 3.63) is 0 Å². The highest BCUT2D eigenvalue weighted by atomic mass is 16.5. The molecular weight excluding hydrogens is 312 g/mol. The molecule has 0 aliphatic carbocycles. The summed E-state index contributed by atoms with van der Waals surface area (Å²) >= 11 is 0. The van der Waals surface area contributed by atoms with Crippen molar-refractivity contribution >= 4 is 11.8 Å². The van der Waals surface area contributed by atoms with E-state index < -0.39 is 17.3 Å². The van der Waals surface area contributed by atoms with Crippen LogP contribution in [0.3, 0.4) is 0 Å². The summed E-state index contributed by atoms with van der Waals surface area (Å²) in [5, 5.41) is 20.8. The van der Waals surface area contributed by atoms with Gasteiger partial charge >= 0.3 is 0 Å². The standard InChI is InChI=1S/C17H28N2O5/c1-16(23)7-11-24-17(15(16)22)5-9-18(10-6-17)14(21)12-19-8-3-2-4-13(19)20/h15,22-23H,2-12H2,1H3/t15-,16+/m0/s1. The third kappa shape index (κ3) is 3.30. The topological polar surface area (TPSA) is 90.3 Å². The molecule has 0 radical (unpaired) electrons. The molecule has 0 unspecified atom stereocenters. The van der Waals surface area contributed by atoms with E-state index in [0.29, 0.717) is 51.9 Å². The molecule has 3 heterocycles. The Kier molecular flexibility index (Phi) is 4.86. The van der Waals surface area contributed by atoms with E-state index in [-0.39, 0.29) is 18.4 Å². The van der Waals surface area contributed by atoms with Gasteiger partial charge in [0.2, 0.25) is 11.8 Å². The van der Waals surface area contributed by atoms with Gasteiger partial charge in [0.05, 0.1) is 18.8 Å². The van der Waals surface area contributed by atoms with Gasteiger partial charge in [-0.05, 0) is 32.6 Å². The number of hydrogen-bond donors (Lipinski definition) is 2. The van der Waals surface area contributed by atoms with Crippen molar-refractivity contribution < 1.29 is 24.5 Å². The Morgan fingerprint density at radius 2 is 1.96 bits per heavy atom. The smallest absolute Gasteiger partial charge is 0.242 e. The van der Waals surface area contributed by atoms with Crippen molar-refractivity contribution in [2.75, 3.05) is 32.8 Å². The van der Waals surface area contributed by atoms with Gasteiger partial charge in [0, 0.05) is 32.5 Å². The molecule has 2 atom stereocenters. The largest absolute Gasteiger partial charge is 0.387 e. The Balaban J connectivity index is 1.56. The summed E-state index contributed by atoms with van der Waals surface area (Å²) in [6.07, 6.45) is 2.87. The third-order valence-corrected chi connectivity index (χ3v) is 5.80. The minimum absolute atomic E-state index is 0.0443. The van der Waals surface area contributed by atoms with Gasteiger partial charge in [-0.2, -0.15) is 0 Å². The lowest BCUT2D eigenvalue weighted by Crippen LogP contribution is -2.64. The second kappa shape index (κ2) is 6.61. The van der Waals surface area contributed by atoms with Gasteiger partial charge in [-0.1, -0.05) is 0 Å². The van der Waals surface area contributed by atoms with Crippen LogP contribution in [-0.4, -0.2) is 81.9 Å². The van der Waals surface area contributed by atoms with Gasteiger partial charge in [0.1, 0.15) is 11.7 Å². The Morgan fingerprint density at radius 1 is 1.25 bits per heavy atom. The van der Waals surface area contributed by atoms with Gasteiger partial charge in [-0.15, -0.1) is 0 Å². The van der Waals surface area contributed by atoms with Crippen LogP contribution in [0.4, 0.5) is 0 Å². The summed E-state index contributed by atoms with van der Waals surface area (Å²) in [7, 11) is 0. The van der Waals surface area contributed by atoms with Gasteiger partial charge < -0.3 is 24.7 Å². The highest BCUT2D eigenvalue weighted by molar-refractivity contribution is 5.85. The predicted octanol–water partition coefficient (Wildman–Crippen LogP) is -0.108. The molecule has 0 aromatic heterocycles. The molecule has 7 nitrogen and oxygen atoms in total. The summed E-state index contributed by atoms with van der Waals surface area (Å²) in [6, 6.07) is 0. The average molecular weight is 340 g/mol. The van der Waals surface area contributed by atoms with Crippen molar-refractivity contribution in [2.24, 2.45) is 0 Å². The number of rotatable bonds is 2. The molecule has 3 saturated heterocycles. The first kappa shape index (κ1) is 17.6. The maximum absolute atomic E-state index is 12.5. The van der Waals surface area contributed by atoms with Gasteiger partial charge in [0.15, 0.2) is 0 Å². The summed E-state index contributed by atoms with van der Waals surface area (Å²) in [4.78, 5) is 27.7. The number of nitrogens with zero attached hydrogens (tertiary/aromatic N) is 2. The second-order valence-corrected chi connectivity index (χ2v) is 7.58. The lowest BCUT2D eigenvalue weighted by molar-refractivity contribution is -0.245. The summed E-state index contributed by atoms with van der Waals surface area (Å²) < 4.78 is 5.84. The minimum Gasteiger partial charge on any atom is -0.387 e. The SMILES string of the molecule is C[C@@]1(O)CCOC2(CCN(C(=O)CN3CCCCC3=O)CC2)[C@H]1O. The molecule has 0 saturated carbocycles. The van der Waals surface area contributed by atoms with Crippen LogP contribution in [0.25, 0.3) is 0 Å². The molecule has 0 aromatic rings. The molecule has 1 spiro atoms. The fourth-order valence-electron chi connectivity index (χ4n) is 4.09. The Hall–Kier alpha value is -1.18. The molecule has 3 fully saturated rings. The van der Waals surface area contributed by atoms with Crippen LogP contribution in [-0.2, 0) is 14.3 Å². The molecule has 7 heteroatoms. The highest BCUT2D eigenvalue weighted by Crippen LogP contribution is 2.39. The normalized spacial score (nSPS) is 33.8. The molecule has 2 N–H and O–H groups in total. The van der Waals surface area contributed by atoms with Crippen molar-refractivity contribution in [3.63, 3.8) is 0 Å². The van der Waals surface area contributed by atoms with E-state index in [4.69, 9.17) is 4.74 Å². The van der Waals surface area contributed by atoms with E-state index in [9.17, 15) is 19.8 Å². The fourth-order valence-corrected chi connectivity index (χ4v) is 4.09. The van der Waals surface area contributed by atoms with E-state index >= 15 is 0 Å². The van der Waals surface area contributed by atoms with Crippen molar-refractivity contribution in [1.82, 2.24) is 9.80 Å². The van der Waals surface area contributed by atoms with Crippen LogP contribution in [0.1, 0.15) is 45.4 Å². The zero-order chi connectivity index (χ0) is 17.4. The number of aliphatic hydroxyl groups excluding tert-OH is 1. The molecule has 0 bridgehead atoms. The van der Waals surface area contributed by atoms with Crippen LogP contribution in [0.2, 0.25) is 0 Å². The van der Waals surface area contributed by atoms with E-state index in [1.807, 2.05) is 0 Å². The molecular formula is C17H28N2O5. The van der Waals surface area contributed by atoms with Gasteiger partial charge in [-0.25, -0.2) is 0 Å². The highest BCUT2D eigenvalue weighted by Gasteiger charge is 2.52. The zero-order valence-electron chi connectivity index (χ0n) is 14.4. The molecule has 3 aliphatic rings. The fraction of sp³-hybridized carbons (Fsp3) is 0.882. The predicted molar refractivity (Wildman–Crippen MR) is 86.2 cm³/mol. The maximum atomic E-state index is 12.5. The van der Waals surface area contributed by atoms with E-state index in [0.717, 1.165) is 12.8 Å². The number of carbonyl (C=O) groups is 2. The van der Waals surface area contributed by atoms with Crippen molar-refractivity contribution in [3.8, 4) is 0 Å². The quantitative estimate of drug-likeness (QED) is 0.732. The molecule has 0 aromatic carbocycles. The number of likely N-dealkylation sites (tertiary alicyclic amines) is 2. The van der Waals surface area contributed by atoms with Crippen LogP contribution in [0.5, 0.6) is 0 Å². The Morgan fingerprint density at radius 3 is 2.62 bits per heavy atom. The first-order valence-corrected chi connectivity index (χ1v) is 8.94. The lowest BCUT2D eigenvalue weighted by Gasteiger charge is -2.51. The average Bonchev–Trinajstić information content (AvgIpc) is 2.55. The monoisotopic (exact) mass is 340 g/mol. The lowest BCUT2D eigenvalue weighted by atomic mass is 9.75. The first-order chi connectivity index (χ1) is 11.3. The molecule has 3 rings (SSSR count). The molecule has 2 amide bonds. The number of carbonyl (C=O) groups excluding carboxylic acids is 2. The zero-order valence-corrected chi connectivity index (χ0v) is 14.4. The number of amides is 2. The third-order valence-electron chi connectivity index (χ3n) is 5.80. The summed E-state index contributed by atoms with van der Waals surface area (Å²) in [5.41, 5.74) is -1.91. The van der Waals surface area contributed by atoms with Crippen LogP contribution in [0, 0.1) is 0 Å². The van der Waals surface area contributed by atoms with E-state index in [1.165, 1.54) is 0 Å². The van der Waals surface area contributed by atoms with Gasteiger partial charge in [0.25, 0.3) is 0 Å². The molecule has 136 valence electrons. The van der Waals surface area contributed by atoms with Crippen molar-refractivity contribution in [2.45, 2.75) is 62.8 Å². The van der Waals surface area contributed by atoms with Crippen LogP contribution < -0.4 is 0 Å². The maximum Gasteiger partial charge on any atom is 0.242 e. The summed E-state index contributed by atoms with van der Waals surface area (Å²) in [5.74, 6) is 0.0160. The minimum atomic E-state index is -1.15.